The topological polar surface area (TPSA) is 145 Å². The summed E-state index contributed by atoms with van der Waals surface area (Å²) in [6.07, 6.45) is 5.11. The number of carbonyl (C=O) groups is 2. The van der Waals surface area contributed by atoms with Crippen LogP contribution in [0.2, 0.25) is 0 Å². The number of aryl methyl sites for hydroxylation is 1. The van der Waals surface area contributed by atoms with Crippen LogP contribution in [0.4, 0.5) is 4.79 Å². The van der Waals surface area contributed by atoms with Crippen molar-refractivity contribution >= 4 is 32.9 Å². The van der Waals surface area contributed by atoms with Crippen molar-refractivity contribution < 1.29 is 37.0 Å². The minimum atomic E-state index is -3.70. The summed E-state index contributed by atoms with van der Waals surface area (Å²) in [5.74, 6) is -1.36. The second-order valence-electron chi connectivity index (χ2n) is 9.42. The number of pyridine rings is 1. The maximum atomic E-state index is 13.1. The second-order valence-corrected chi connectivity index (χ2v) is 11.6. The van der Waals surface area contributed by atoms with Gasteiger partial charge >= 0.3 is 12.1 Å². The molecule has 3 heterocycles. The van der Waals surface area contributed by atoms with E-state index in [-0.39, 0.29) is 6.42 Å². The molecule has 33 heavy (non-hydrogen) atoms. The summed E-state index contributed by atoms with van der Waals surface area (Å²) in [6.45, 7) is 3.01. The molecule has 1 saturated carbocycles. The Bertz CT molecular complexity index is 1180. The Morgan fingerprint density at radius 2 is 2.09 bits per heavy atom. The van der Waals surface area contributed by atoms with Crippen LogP contribution in [-0.2, 0) is 36.9 Å². The first-order valence-corrected chi connectivity index (χ1v) is 12.9. The fourth-order valence-electron chi connectivity index (χ4n) is 4.34. The molecule has 1 amide bonds. The van der Waals surface area contributed by atoms with E-state index in [0.717, 1.165) is 30.8 Å². The van der Waals surface area contributed by atoms with Gasteiger partial charge in [-0.25, -0.2) is 18.0 Å². The molecule has 2 N–H and O–H groups in total. The highest BCUT2D eigenvalue weighted by molar-refractivity contribution is 7.90. The van der Waals surface area contributed by atoms with Crippen LogP contribution in [-0.4, -0.2) is 60.0 Å². The minimum Gasteiger partial charge on any atom is -0.465 e. The SMILES string of the molecule is CC1(C)OC(=O)[C@@](Cc2nccc3oc(CCC4CC4)cc23)([C@H](CS(C)(=O)=O)NC(=O)O)O1. The smallest absolute Gasteiger partial charge is 0.405 e. The first kappa shape index (κ1) is 23.5. The van der Waals surface area contributed by atoms with E-state index in [2.05, 4.69) is 10.3 Å². The summed E-state index contributed by atoms with van der Waals surface area (Å²) in [5, 5.41) is 12.2. The van der Waals surface area contributed by atoms with Gasteiger partial charge in [0.2, 0.25) is 5.79 Å². The molecule has 4 rings (SSSR count). The van der Waals surface area contributed by atoms with E-state index < -0.39 is 45.1 Å². The summed E-state index contributed by atoms with van der Waals surface area (Å²) in [5.41, 5.74) is -0.927. The maximum Gasteiger partial charge on any atom is 0.405 e. The molecule has 0 unspecified atom stereocenters. The standard InChI is InChI=1S/C22H28N2O8S/c1-21(2)31-19(25)22(32-21,18(24-20(26)27)12-33(3,28)29)11-16-15-10-14(7-6-13-4-5-13)30-17(15)8-9-23-16/h8-10,13,18,24H,4-7,11-12H2,1-3H3,(H,26,27)/t18-,22+/m0/s1. The van der Waals surface area contributed by atoms with E-state index in [4.69, 9.17) is 13.9 Å². The van der Waals surface area contributed by atoms with Crippen LogP contribution in [0.3, 0.4) is 0 Å². The molecule has 180 valence electrons. The molecule has 0 spiro atoms. The number of ether oxygens (including phenoxy) is 2. The van der Waals surface area contributed by atoms with E-state index in [1.54, 1.807) is 6.07 Å². The number of fused-ring (bicyclic) bond motifs is 1. The lowest BCUT2D eigenvalue weighted by Crippen LogP contribution is -2.60. The molecule has 0 bridgehead atoms. The molecule has 1 saturated heterocycles. The van der Waals surface area contributed by atoms with E-state index in [0.29, 0.717) is 16.7 Å². The third-order valence-electron chi connectivity index (χ3n) is 5.95. The molecule has 2 aromatic heterocycles. The van der Waals surface area contributed by atoms with E-state index in [1.165, 1.54) is 32.9 Å². The Labute approximate surface area is 191 Å². The Morgan fingerprint density at radius 3 is 2.67 bits per heavy atom. The molecule has 2 atom stereocenters. The third kappa shape index (κ3) is 5.30. The van der Waals surface area contributed by atoms with Crippen molar-refractivity contribution in [1.82, 2.24) is 10.3 Å². The number of carboxylic acid groups (broad SMARTS) is 1. The van der Waals surface area contributed by atoms with Crippen molar-refractivity contribution in [1.29, 1.82) is 0 Å². The predicted octanol–water partition coefficient (Wildman–Crippen LogP) is 2.44. The number of hydrogen-bond donors (Lipinski definition) is 2. The highest BCUT2D eigenvalue weighted by Crippen LogP contribution is 2.39. The zero-order valence-corrected chi connectivity index (χ0v) is 19.6. The van der Waals surface area contributed by atoms with Gasteiger partial charge in [0, 0.05) is 44.5 Å². The summed E-state index contributed by atoms with van der Waals surface area (Å²) in [6, 6.07) is 2.17. The van der Waals surface area contributed by atoms with Gasteiger partial charge in [0.1, 0.15) is 21.2 Å². The highest BCUT2D eigenvalue weighted by atomic mass is 32.2. The normalized spacial score (nSPS) is 23.4. The van der Waals surface area contributed by atoms with Crippen molar-refractivity contribution in [2.75, 3.05) is 12.0 Å². The van der Waals surface area contributed by atoms with E-state index in [1.807, 2.05) is 6.07 Å². The van der Waals surface area contributed by atoms with Gasteiger partial charge in [-0.2, -0.15) is 0 Å². The molecular weight excluding hydrogens is 452 g/mol. The lowest BCUT2D eigenvalue weighted by molar-refractivity contribution is -0.169. The van der Waals surface area contributed by atoms with Gasteiger partial charge < -0.3 is 24.3 Å². The monoisotopic (exact) mass is 480 g/mol. The van der Waals surface area contributed by atoms with Crippen LogP contribution >= 0.6 is 0 Å². The number of esters is 1. The Morgan fingerprint density at radius 1 is 1.36 bits per heavy atom. The van der Waals surface area contributed by atoms with Crippen molar-refractivity contribution in [3.63, 3.8) is 0 Å². The highest BCUT2D eigenvalue weighted by Gasteiger charge is 2.60. The minimum absolute atomic E-state index is 0.200. The molecule has 1 aliphatic carbocycles. The third-order valence-corrected chi connectivity index (χ3v) is 6.89. The van der Waals surface area contributed by atoms with Crippen molar-refractivity contribution in [2.24, 2.45) is 5.92 Å². The van der Waals surface area contributed by atoms with Gasteiger partial charge in [-0.1, -0.05) is 12.8 Å². The Balaban J connectivity index is 1.74. The number of sulfone groups is 1. The fraction of sp³-hybridized carbons (Fsp3) is 0.591. The van der Waals surface area contributed by atoms with E-state index in [9.17, 15) is 23.1 Å². The lowest BCUT2D eigenvalue weighted by atomic mass is 9.88. The predicted molar refractivity (Wildman–Crippen MR) is 117 cm³/mol. The van der Waals surface area contributed by atoms with Gasteiger partial charge in [0.15, 0.2) is 5.60 Å². The van der Waals surface area contributed by atoms with Crippen molar-refractivity contribution in [3.8, 4) is 0 Å². The maximum absolute atomic E-state index is 13.1. The van der Waals surface area contributed by atoms with Gasteiger partial charge in [0.25, 0.3) is 0 Å². The van der Waals surface area contributed by atoms with Crippen molar-refractivity contribution in [2.45, 2.75) is 63.4 Å². The van der Waals surface area contributed by atoms with Gasteiger partial charge in [-0.3, -0.25) is 4.98 Å². The molecule has 10 nitrogen and oxygen atoms in total. The average Bonchev–Trinajstić information content (AvgIpc) is 3.34. The molecule has 0 aromatic carbocycles. The van der Waals surface area contributed by atoms with Gasteiger partial charge in [-0.05, 0) is 24.5 Å². The largest absolute Gasteiger partial charge is 0.465 e. The van der Waals surface area contributed by atoms with Gasteiger partial charge in [-0.15, -0.1) is 0 Å². The number of nitrogens with zero attached hydrogens (tertiary/aromatic N) is 1. The molecule has 2 fully saturated rings. The fourth-order valence-corrected chi connectivity index (χ4v) is 5.30. The van der Waals surface area contributed by atoms with Crippen LogP contribution in [0, 0.1) is 5.92 Å². The number of carbonyl (C=O) groups excluding carboxylic acids is 1. The summed E-state index contributed by atoms with van der Waals surface area (Å²) >= 11 is 0. The summed E-state index contributed by atoms with van der Waals surface area (Å²) in [4.78, 5) is 29.0. The van der Waals surface area contributed by atoms with Crippen LogP contribution in [0.5, 0.6) is 0 Å². The Hall–Kier alpha value is -2.66. The summed E-state index contributed by atoms with van der Waals surface area (Å²) < 4.78 is 41.5. The first-order chi connectivity index (χ1) is 15.4. The van der Waals surface area contributed by atoms with Crippen LogP contribution in [0.1, 0.15) is 44.6 Å². The number of hydrogen-bond acceptors (Lipinski definition) is 8. The number of cyclic esters (lactones) is 1. The first-order valence-electron chi connectivity index (χ1n) is 10.8. The number of nitrogens with one attached hydrogen (secondary N) is 1. The molecule has 2 aliphatic rings. The van der Waals surface area contributed by atoms with Crippen LogP contribution in [0.25, 0.3) is 11.0 Å². The average molecular weight is 481 g/mol. The molecule has 1 aliphatic heterocycles. The van der Waals surface area contributed by atoms with Gasteiger partial charge in [0.05, 0.1) is 17.5 Å². The lowest BCUT2D eigenvalue weighted by Gasteiger charge is -2.33. The zero-order valence-electron chi connectivity index (χ0n) is 18.8. The number of furan rings is 1. The van der Waals surface area contributed by atoms with Crippen LogP contribution < -0.4 is 5.32 Å². The molecule has 11 heteroatoms. The quantitative estimate of drug-likeness (QED) is 0.517. The van der Waals surface area contributed by atoms with E-state index >= 15 is 0 Å². The number of aromatic nitrogens is 1. The number of rotatable bonds is 9. The summed E-state index contributed by atoms with van der Waals surface area (Å²) in [7, 11) is -3.70. The Kier molecular flexibility index (Phi) is 5.90. The van der Waals surface area contributed by atoms with Crippen LogP contribution in [0.15, 0.2) is 22.7 Å². The zero-order chi connectivity index (χ0) is 24.0. The number of amides is 1. The second kappa shape index (κ2) is 8.28. The molecular formula is C22H28N2O8S. The van der Waals surface area contributed by atoms with Crippen molar-refractivity contribution in [3.05, 3.63) is 29.8 Å². The molecule has 2 aromatic rings. The molecule has 0 radical (unpaired) electrons.